The van der Waals surface area contributed by atoms with Crippen LogP contribution in [0.25, 0.3) is 0 Å². The van der Waals surface area contributed by atoms with Crippen molar-refractivity contribution >= 4 is 39.5 Å². The van der Waals surface area contributed by atoms with Gasteiger partial charge in [-0.1, -0.05) is 0 Å². The smallest absolute Gasteiger partial charge is 0.326 e. The average molecular weight is 605 g/mol. The average Bonchev–Trinajstić information content (AvgIpc) is 2.93. The van der Waals surface area contributed by atoms with Crippen molar-refractivity contribution in [2.45, 2.75) is 64.6 Å². The number of rotatable bonds is 13. The van der Waals surface area contributed by atoms with Crippen molar-refractivity contribution < 1.29 is 32.3 Å². The van der Waals surface area contributed by atoms with Crippen molar-refractivity contribution in [2.24, 2.45) is 0 Å². The molecule has 0 radical (unpaired) electrons. The Bertz CT molecular complexity index is 1300. The van der Waals surface area contributed by atoms with Gasteiger partial charge in [-0.05, 0) is 70.4 Å². The van der Waals surface area contributed by atoms with E-state index in [0.29, 0.717) is 11.5 Å². The maximum atomic E-state index is 12.9. The highest BCUT2D eigenvalue weighted by Gasteiger charge is 2.30. The maximum absolute atomic E-state index is 12.9. The Labute approximate surface area is 246 Å². The lowest BCUT2D eigenvalue weighted by Crippen LogP contribution is -2.51. The molecule has 0 aliphatic carbocycles. The first-order valence-corrected chi connectivity index (χ1v) is 15.5. The van der Waals surface area contributed by atoms with E-state index in [-0.39, 0.29) is 31.4 Å². The molecular formula is C28H40N6O7S. The quantitative estimate of drug-likeness (QED) is 0.225. The molecule has 230 valence electrons. The summed E-state index contributed by atoms with van der Waals surface area (Å²) in [5.41, 5.74) is 0.447. The van der Waals surface area contributed by atoms with Crippen LogP contribution >= 0.6 is 0 Å². The van der Waals surface area contributed by atoms with Gasteiger partial charge in [-0.25, -0.2) is 18.4 Å². The van der Waals surface area contributed by atoms with Gasteiger partial charge in [-0.3, -0.25) is 14.4 Å². The molecule has 2 heterocycles. The Morgan fingerprint density at radius 2 is 1.81 bits per heavy atom. The molecule has 14 heteroatoms. The molecule has 13 nitrogen and oxygen atoms in total. The Hall–Kier alpha value is -3.78. The van der Waals surface area contributed by atoms with E-state index in [9.17, 15) is 22.8 Å². The molecule has 1 amide bonds. The summed E-state index contributed by atoms with van der Waals surface area (Å²) >= 11 is 0. The molecule has 42 heavy (non-hydrogen) atoms. The fraction of sp³-hybridized carbons (Fsp3) is 0.536. The predicted octanol–water partition coefficient (Wildman–Crippen LogP) is 1.87. The molecule has 1 aromatic carbocycles. The zero-order valence-corrected chi connectivity index (χ0v) is 25.3. The second-order valence-corrected chi connectivity index (χ2v) is 12.8. The van der Waals surface area contributed by atoms with Gasteiger partial charge in [0.05, 0.1) is 12.4 Å². The zero-order valence-electron chi connectivity index (χ0n) is 24.5. The predicted molar refractivity (Wildman–Crippen MR) is 157 cm³/mol. The Morgan fingerprint density at radius 3 is 2.45 bits per heavy atom. The first-order valence-electron chi connectivity index (χ1n) is 13.8. The van der Waals surface area contributed by atoms with Crippen molar-refractivity contribution in [1.29, 1.82) is 0 Å². The van der Waals surface area contributed by atoms with E-state index in [1.807, 2.05) is 12.1 Å². The lowest BCUT2D eigenvalue weighted by molar-refractivity contribution is -0.156. The van der Waals surface area contributed by atoms with Gasteiger partial charge in [0, 0.05) is 56.2 Å². The minimum Gasteiger partial charge on any atom is -0.466 e. The summed E-state index contributed by atoms with van der Waals surface area (Å²) in [6.45, 7) is 7.43. The highest BCUT2D eigenvalue weighted by Crippen LogP contribution is 2.22. The molecule has 3 N–H and O–H groups in total. The standard InChI is InChI=1S/C28H40N6O7S/c1-20(35)40-16-7-17-42(38,39)33-24(26(37)41-28(2,3)4)18-31-25(36)21-9-11-23(12-10-21)34-15-5-8-22(19-34)32-27-29-13-6-14-30-27/h6,9-14,22,24,33H,5,7-8,15-19H2,1-4H3,(H,31,36)(H,29,30,32). The van der Waals surface area contributed by atoms with Crippen LogP contribution in [-0.2, 0) is 29.1 Å². The van der Waals surface area contributed by atoms with Gasteiger partial charge in [0.2, 0.25) is 16.0 Å². The molecule has 0 saturated carbocycles. The van der Waals surface area contributed by atoms with E-state index in [4.69, 9.17) is 9.47 Å². The number of carbonyl (C=O) groups is 3. The van der Waals surface area contributed by atoms with E-state index in [1.54, 1.807) is 51.4 Å². The Balaban J connectivity index is 1.59. The van der Waals surface area contributed by atoms with Gasteiger partial charge in [0.1, 0.15) is 11.6 Å². The number of esters is 2. The first kappa shape index (κ1) is 32.7. The summed E-state index contributed by atoms with van der Waals surface area (Å²) in [6.07, 6.45) is 5.40. The van der Waals surface area contributed by atoms with E-state index < -0.39 is 39.5 Å². The number of anilines is 2. The number of hydrogen-bond acceptors (Lipinski definition) is 11. The van der Waals surface area contributed by atoms with Gasteiger partial charge in [-0.15, -0.1) is 0 Å². The lowest BCUT2D eigenvalue weighted by Gasteiger charge is -2.34. The molecule has 3 rings (SSSR count). The summed E-state index contributed by atoms with van der Waals surface area (Å²) in [5, 5.41) is 5.99. The van der Waals surface area contributed by atoms with E-state index in [0.717, 1.165) is 31.6 Å². The van der Waals surface area contributed by atoms with Crippen molar-refractivity contribution in [2.75, 3.05) is 42.2 Å². The molecule has 1 aromatic heterocycles. The summed E-state index contributed by atoms with van der Waals surface area (Å²) in [6, 6.07) is 7.67. The van der Waals surface area contributed by atoms with Crippen LogP contribution in [0.3, 0.4) is 0 Å². The zero-order chi connectivity index (χ0) is 30.8. The summed E-state index contributed by atoms with van der Waals surface area (Å²) in [4.78, 5) is 47.3. The van der Waals surface area contributed by atoms with Crippen LogP contribution in [0.5, 0.6) is 0 Å². The van der Waals surface area contributed by atoms with Crippen LogP contribution in [0.15, 0.2) is 42.7 Å². The largest absolute Gasteiger partial charge is 0.466 e. The molecular weight excluding hydrogens is 564 g/mol. The maximum Gasteiger partial charge on any atom is 0.326 e. The SMILES string of the molecule is CC(=O)OCCCS(=O)(=O)NC(CNC(=O)c1ccc(N2CCCC(Nc3ncccn3)C2)cc1)C(=O)OC(C)(C)C. The van der Waals surface area contributed by atoms with Gasteiger partial charge in [0.15, 0.2) is 0 Å². The number of piperidine rings is 1. The van der Waals surface area contributed by atoms with E-state index in [1.165, 1.54) is 6.92 Å². The fourth-order valence-corrected chi connectivity index (χ4v) is 5.52. The highest BCUT2D eigenvalue weighted by atomic mass is 32.2. The molecule has 1 aliphatic heterocycles. The van der Waals surface area contributed by atoms with Crippen molar-refractivity contribution in [3.05, 3.63) is 48.3 Å². The summed E-state index contributed by atoms with van der Waals surface area (Å²) in [5.74, 6) is -1.59. The minimum absolute atomic E-state index is 0.0442. The number of aromatic nitrogens is 2. The third-order valence-electron chi connectivity index (χ3n) is 6.16. The minimum atomic E-state index is -3.95. The van der Waals surface area contributed by atoms with E-state index in [2.05, 4.69) is 30.2 Å². The Kier molecular flexibility index (Phi) is 11.6. The molecule has 1 aliphatic rings. The molecule has 2 unspecified atom stereocenters. The third-order valence-corrected chi connectivity index (χ3v) is 7.63. The fourth-order valence-electron chi connectivity index (χ4n) is 4.29. The van der Waals surface area contributed by atoms with Crippen LogP contribution in [0.1, 0.15) is 57.3 Å². The molecule has 0 spiro atoms. The number of amides is 1. The molecule has 2 aromatic rings. The number of sulfonamides is 1. The molecule has 0 bridgehead atoms. The summed E-state index contributed by atoms with van der Waals surface area (Å²) < 4.78 is 37.6. The second-order valence-electron chi connectivity index (χ2n) is 11.0. The van der Waals surface area contributed by atoms with Crippen molar-refractivity contribution in [3.63, 3.8) is 0 Å². The highest BCUT2D eigenvalue weighted by molar-refractivity contribution is 7.89. The topological polar surface area (TPSA) is 169 Å². The van der Waals surface area contributed by atoms with Gasteiger partial charge < -0.3 is 25.0 Å². The van der Waals surface area contributed by atoms with Crippen molar-refractivity contribution in [1.82, 2.24) is 20.0 Å². The van der Waals surface area contributed by atoms with Crippen LogP contribution in [0, 0.1) is 0 Å². The van der Waals surface area contributed by atoms with Gasteiger partial charge in [0.25, 0.3) is 5.91 Å². The lowest BCUT2D eigenvalue weighted by atomic mass is 10.0. The third kappa shape index (κ3) is 11.2. The monoisotopic (exact) mass is 604 g/mol. The number of nitrogens with zero attached hydrogens (tertiary/aromatic N) is 3. The number of benzene rings is 1. The van der Waals surface area contributed by atoms with Crippen LogP contribution < -0.4 is 20.3 Å². The first-order chi connectivity index (χ1) is 19.8. The van der Waals surface area contributed by atoms with E-state index >= 15 is 0 Å². The molecule has 2 atom stereocenters. The van der Waals surface area contributed by atoms with Crippen LogP contribution in [-0.4, -0.2) is 85.9 Å². The molecule has 1 fully saturated rings. The number of nitrogens with one attached hydrogen (secondary N) is 3. The van der Waals surface area contributed by atoms with Crippen LogP contribution in [0.4, 0.5) is 11.6 Å². The van der Waals surface area contributed by atoms with Crippen LogP contribution in [0.2, 0.25) is 0 Å². The van der Waals surface area contributed by atoms with Gasteiger partial charge >= 0.3 is 11.9 Å². The normalized spacial score (nSPS) is 16.3. The summed E-state index contributed by atoms with van der Waals surface area (Å²) in [7, 11) is -3.95. The number of carbonyl (C=O) groups excluding carboxylic acids is 3. The molecule has 1 saturated heterocycles. The Morgan fingerprint density at radius 1 is 1.12 bits per heavy atom. The van der Waals surface area contributed by atoms with Gasteiger partial charge in [-0.2, -0.15) is 4.72 Å². The number of hydrogen-bond donors (Lipinski definition) is 3. The van der Waals surface area contributed by atoms with Crippen molar-refractivity contribution in [3.8, 4) is 0 Å². The number of ether oxygens (including phenoxy) is 2. The second kappa shape index (κ2) is 14.9.